The van der Waals surface area contributed by atoms with Crippen molar-refractivity contribution in [2.24, 2.45) is 11.8 Å². The topological polar surface area (TPSA) is 102 Å². The number of aromatic amines is 1. The van der Waals surface area contributed by atoms with Crippen molar-refractivity contribution in [3.05, 3.63) is 101 Å². The summed E-state index contributed by atoms with van der Waals surface area (Å²) in [5.74, 6) is -3.86. The van der Waals surface area contributed by atoms with E-state index in [0.717, 1.165) is 38.7 Å². The number of hydrogen-bond acceptors (Lipinski definition) is 4. The highest BCUT2D eigenvalue weighted by atomic mass is 16.4. The Morgan fingerprint density at radius 3 is 2.25 bits per heavy atom. The van der Waals surface area contributed by atoms with Crippen LogP contribution in [0.25, 0.3) is 10.9 Å². The van der Waals surface area contributed by atoms with Gasteiger partial charge in [-0.05, 0) is 53.6 Å². The molecule has 0 radical (unpaired) electrons. The van der Waals surface area contributed by atoms with Crippen molar-refractivity contribution in [3.8, 4) is 0 Å². The third kappa shape index (κ3) is 3.72. The molecule has 4 aromatic rings. The molecule has 40 heavy (non-hydrogen) atoms. The summed E-state index contributed by atoms with van der Waals surface area (Å²) in [6.07, 6.45) is 3.16. The van der Waals surface area contributed by atoms with Gasteiger partial charge in [0.2, 0.25) is 11.8 Å². The zero-order chi connectivity index (χ0) is 28.2. The van der Waals surface area contributed by atoms with Crippen LogP contribution >= 0.6 is 0 Å². The number of anilines is 1. The van der Waals surface area contributed by atoms with Crippen molar-refractivity contribution in [1.82, 2.24) is 10.3 Å². The smallest absolute Gasteiger partial charge is 0.325 e. The maximum atomic E-state index is 14.5. The molecule has 204 valence electrons. The SMILES string of the molecule is CCc1cccc(CC)c1N1C(=O)C2C(c3ccccc3C)NC(Cc3c[nH]c4ccccc34)(C(=O)O)C2C1=O. The first-order valence-electron chi connectivity index (χ1n) is 13.9. The number of para-hydroxylation sites is 2. The number of H-pyrrole nitrogens is 1. The molecule has 3 aromatic carbocycles. The Bertz CT molecular complexity index is 1630. The average Bonchev–Trinajstić information content (AvgIpc) is 3.60. The zero-order valence-corrected chi connectivity index (χ0v) is 22.9. The monoisotopic (exact) mass is 535 g/mol. The Labute approximate surface area is 233 Å². The summed E-state index contributed by atoms with van der Waals surface area (Å²) < 4.78 is 0. The lowest BCUT2D eigenvalue weighted by atomic mass is 9.76. The average molecular weight is 536 g/mol. The lowest BCUT2D eigenvalue weighted by molar-refractivity contribution is -0.148. The van der Waals surface area contributed by atoms with Crippen molar-refractivity contribution >= 4 is 34.4 Å². The number of hydrogen-bond donors (Lipinski definition) is 3. The molecule has 2 fully saturated rings. The van der Waals surface area contributed by atoms with E-state index in [2.05, 4.69) is 10.3 Å². The molecule has 2 aliphatic rings. The molecule has 7 heteroatoms. The van der Waals surface area contributed by atoms with Gasteiger partial charge < -0.3 is 10.1 Å². The van der Waals surface area contributed by atoms with Crippen LogP contribution < -0.4 is 10.2 Å². The van der Waals surface area contributed by atoms with Crippen molar-refractivity contribution in [3.63, 3.8) is 0 Å². The number of aryl methyl sites for hydroxylation is 3. The molecule has 0 bridgehead atoms. The summed E-state index contributed by atoms with van der Waals surface area (Å²) in [4.78, 5) is 46.8. The summed E-state index contributed by atoms with van der Waals surface area (Å²) in [7, 11) is 0. The van der Waals surface area contributed by atoms with Crippen molar-refractivity contribution in [1.29, 1.82) is 0 Å². The summed E-state index contributed by atoms with van der Waals surface area (Å²) in [6, 6.07) is 20.6. The minimum atomic E-state index is -1.68. The molecule has 3 heterocycles. The number of carbonyl (C=O) groups is 3. The fourth-order valence-corrected chi connectivity index (χ4v) is 6.94. The number of nitrogens with one attached hydrogen (secondary N) is 2. The Morgan fingerprint density at radius 2 is 1.57 bits per heavy atom. The number of carboxylic acids is 1. The summed E-state index contributed by atoms with van der Waals surface area (Å²) >= 11 is 0. The van der Waals surface area contributed by atoms with E-state index in [9.17, 15) is 19.5 Å². The molecule has 7 nitrogen and oxygen atoms in total. The second-order valence-electron chi connectivity index (χ2n) is 10.9. The van der Waals surface area contributed by atoms with E-state index in [4.69, 9.17) is 0 Å². The number of amides is 2. The van der Waals surface area contributed by atoms with Crippen LogP contribution in [0.2, 0.25) is 0 Å². The second-order valence-corrected chi connectivity index (χ2v) is 10.9. The van der Waals surface area contributed by atoms with Crippen molar-refractivity contribution < 1.29 is 19.5 Å². The summed E-state index contributed by atoms with van der Waals surface area (Å²) in [6.45, 7) is 5.95. The predicted octanol–water partition coefficient (Wildman–Crippen LogP) is 5.12. The molecule has 0 spiro atoms. The molecule has 1 aromatic heterocycles. The minimum Gasteiger partial charge on any atom is -0.480 e. The normalized spacial score (nSPS) is 24.2. The number of carboxylic acid groups (broad SMARTS) is 1. The van der Waals surface area contributed by atoms with E-state index in [-0.39, 0.29) is 12.3 Å². The maximum Gasteiger partial charge on any atom is 0.325 e. The molecule has 3 N–H and O–H groups in total. The molecule has 4 atom stereocenters. The number of benzene rings is 3. The van der Waals surface area contributed by atoms with Crippen LogP contribution in [0.3, 0.4) is 0 Å². The van der Waals surface area contributed by atoms with E-state index in [1.807, 2.05) is 93.7 Å². The second kappa shape index (κ2) is 9.75. The highest BCUT2D eigenvalue weighted by molar-refractivity contribution is 6.25. The number of imide groups is 1. The van der Waals surface area contributed by atoms with Gasteiger partial charge in [0.05, 0.1) is 17.5 Å². The van der Waals surface area contributed by atoms with Gasteiger partial charge in [0, 0.05) is 29.6 Å². The Balaban J connectivity index is 1.56. The first-order chi connectivity index (χ1) is 19.3. The van der Waals surface area contributed by atoms with Crippen LogP contribution in [0.15, 0.2) is 72.9 Å². The van der Waals surface area contributed by atoms with E-state index >= 15 is 0 Å². The van der Waals surface area contributed by atoms with Gasteiger partial charge in [0.15, 0.2) is 0 Å². The van der Waals surface area contributed by atoms with Gasteiger partial charge in [0.1, 0.15) is 5.54 Å². The van der Waals surface area contributed by atoms with Gasteiger partial charge in [0.25, 0.3) is 0 Å². The highest BCUT2D eigenvalue weighted by Gasteiger charge is 2.69. The van der Waals surface area contributed by atoms with Crippen LogP contribution in [0, 0.1) is 18.8 Å². The van der Waals surface area contributed by atoms with Crippen molar-refractivity contribution in [2.75, 3.05) is 4.90 Å². The van der Waals surface area contributed by atoms with Gasteiger partial charge >= 0.3 is 5.97 Å². The van der Waals surface area contributed by atoms with Gasteiger partial charge in [-0.25, -0.2) is 4.90 Å². The number of rotatable bonds is 7. The molecule has 2 amide bonds. The van der Waals surface area contributed by atoms with Crippen molar-refractivity contribution in [2.45, 2.75) is 51.6 Å². The Morgan fingerprint density at radius 1 is 0.900 bits per heavy atom. The molecular formula is C33H33N3O4. The fourth-order valence-electron chi connectivity index (χ4n) is 6.94. The fraction of sp³-hybridized carbons (Fsp3) is 0.303. The number of aromatic nitrogens is 1. The van der Waals surface area contributed by atoms with E-state index in [0.29, 0.717) is 18.5 Å². The first-order valence-corrected chi connectivity index (χ1v) is 13.9. The molecular weight excluding hydrogens is 502 g/mol. The van der Waals surface area contributed by atoms with E-state index < -0.39 is 35.3 Å². The summed E-state index contributed by atoms with van der Waals surface area (Å²) in [5.41, 5.74) is 4.19. The van der Waals surface area contributed by atoms with E-state index in [1.165, 1.54) is 4.90 Å². The third-order valence-electron chi connectivity index (χ3n) is 8.89. The Hall–Kier alpha value is -4.23. The lowest BCUT2D eigenvalue weighted by Crippen LogP contribution is -2.57. The number of nitrogens with zero attached hydrogens (tertiary/aromatic N) is 1. The van der Waals surface area contributed by atoms with Crippen LogP contribution in [-0.4, -0.2) is 33.4 Å². The zero-order valence-electron chi connectivity index (χ0n) is 22.9. The van der Waals surface area contributed by atoms with Crippen LogP contribution in [-0.2, 0) is 33.6 Å². The number of aliphatic carboxylic acids is 1. The predicted molar refractivity (Wildman–Crippen MR) is 154 cm³/mol. The molecule has 2 aliphatic heterocycles. The van der Waals surface area contributed by atoms with Gasteiger partial charge in [-0.2, -0.15) is 0 Å². The maximum absolute atomic E-state index is 14.5. The third-order valence-corrected chi connectivity index (χ3v) is 8.89. The first kappa shape index (κ1) is 26.0. The van der Waals surface area contributed by atoms with E-state index in [1.54, 1.807) is 0 Å². The molecule has 4 unspecified atom stereocenters. The molecule has 0 saturated carbocycles. The largest absolute Gasteiger partial charge is 0.480 e. The van der Waals surface area contributed by atoms with Gasteiger partial charge in [-0.1, -0.05) is 74.5 Å². The van der Waals surface area contributed by atoms with Crippen LogP contribution in [0.5, 0.6) is 0 Å². The standard InChI is InChI=1S/C33H33N3O4/c1-4-20-12-10-13-21(5-2)29(20)36-30(37)26-27(31(36)38)33(32(39)40,35-28(26)23-14-7-6-11-19(23)3)17-22-18-34-25-16-9-8-15-24(22)25/h6-16,18,26-28,34-35H,4-5,17H2,1-3H3,(H,39,40). The van der Waals surface area contributed by atoms with Crippen LogP contribution in [0.1, 0.15) is 47.7 Å². The van der Waals surface area contributed by atoms with Gasteiger partial charge in [-0.3, -0.25) is 19.7 Å². The van der Waals surface area contributed by atoms with Gasteiger partial charge in [-0.15, -0.1) is 0 Å². The van der Waals surface area contributed by atoms with Crippen LogP contribution in [0.4, 0.5) is 5.69 Å². The highest BCUT2D eigenvalue weighted by Crippen LogP contribution is 2.52. The molecule has 2 saturated heterocycles. The number of fused-ring (bicyclic) bond motifs is 2. The quantitative estimate of drug-likeness (QED) is 0.285. The molecule has 0 aliphatic carbocycles. The molecule has 6 rings (SSSR count). The lowest BCUT2D eigenvalue weighted by Gasteiger charge is -2.32. The summed E-state index contributed by atoms with van der Waals surface area (Å²) in [5, 5.41) is 15.2. The Kier molecular flexibility index (Phi) is 6.34. The number of carbonyl (C=O) groups excluding carboxylic acids is 2. The minimum absolute atomic E-state index is 0.0544.